The molecule has 118 valence electrons. The fourth-order valence-electron chi connectivity index (χ4n) is 2.52. The van der Waals surface area contributed by atoms with Crippen molar-refractivity contribution >= 4 is 0 Å². The van der Waals surface area contributed by atoms with Gasteiger partial charge in [0.15, 0.2) is 0 Å². The summed E-state index contributed by atoms with van der Waals surface area (Å²) in [5.41, 5.74) is 1.16. The van der Waals surface area contributed by atoms with Crippen molar-refractivity contribution in [3.05, 3.63) is 29.8 Å². The smallest absolute Gasteiger partial charge is 0.118 e. The Morgan fingerprint density at radius 1 is 1.19 bits per heavy atom. The third kappa shape index (κ3) is 5.65. The van der Waals surface area contributed by atoms with Crippen molar-refractivity contribution in [1.29, 1.82) is 0 Å². The topological polar surface area (TPSA) is 39.7 Å². The Bertz CT molecular complexity index is 394. The van der Waals surface area contributed by atoms with E-state index in [4.69, 9.17) is 14.2 Å². The van der Waals surface area contributed by atoms with Gasteiger partial charge in [0.1, 0.15) is 5.75 Å². The molecule has 4 heteroatoms. The van der Waals surface area contributed by atoms with E-state index < -0.39 is 0 Å². The zero-order valence-electron chi connectivity index (χ0n) is 13.1. The lowest BCUT2D eigenvalue weighted by Crippen LogP contribution is -2.28. The summed E-state index contributed by atoms with van der Waals surface area (Å²) in [6.45, 7) is 5.51. The molecule has 1 aliphatic heterocycles. The van der Waals surface area contributed by atoms with Crippen LogP contribution in [-0.4, -0.2) is 39.0 Å². The van der Waals surface area contributed by atoms with E-state index in [0.29, 0.717) is 19.3 Å². The van der Waals surface area contributed by atoms with Crippen molar-refractivity contribution in [1.82, 2.24) is 5.32 Å². The van der Waals surface area contributed by atoms with E-state index in [0.717, 1.165) is 37.2 Å². The zero-order chi connectivity index (χ0) is 14.9. The van der Waals surface area contributed by atoms with E-state index in [9.17, 15) is 0 Å². The van der Waals surface area contributed by atoms with Crippen LogP contribution in [0.3, 0.4) is 0 Å². The van der Waals surface area contributed by atoms with Gasteiger partial charge in [-0.25, -0.2) is 0 Å². The summed E-state index contributed by atoms with van der Waals surface area (Å²) in [7, 11) is 1.68. The molecule has 2 unspecified atom stereocenters. The van der Waals surface area contributed by atoms with Crippen LogP contribution in [0.5, 0.6) is 5.75 Å². The average molecular weight is 293 g/mol. The lowest BCUT2D eigenvalue weighted by atomic mass is 10.2. The quantitative estimate of drug-likeness (QED) is 0.711. The summed E-state index contributed by atoms with van der Waals surface area (Å²) < 4.78 is 16.9. The molecule has 0 saturated carbocycles. The second-order valence-corrected chi connectivity index (χ2v) is 5.52. The highest BCUT2D eigenvalue weighted by atomic mass is 16.5. The maximum Gasteiger partial charge on any atom is 0.118 e. The molecule has 1 saturated heterocycles. The van der Waals surface area contributed by atoms with E-state index in [1.807, 2.05) is 24.3 Å². The van der Waals surface area contributed by atoms with Crippen molar-refractivity contribution in [2.24, 2.45) is 0 Å². The maximum atomic E-state index is 5.97. The van der Waals surface area contributed by atoms with Gasteiger partial charge in [0.05, 0.1) is 32.5 Å². The van der Waals surface area contributed by atoms with Gasteiger partial charge in [-0.05, 0) is 43.5 Å². The Balaban J connectivity index is 1.60. The molecule has 1 heterocycles. The Kier molecular flexibility index (Phi) is 7.00. The minimum atomic E-state index is 0.247. The number of hydrogen-bond acceptors (Lipinski definition) is 4. The Hall–Kier alpha value is -1.10. The lowest BCUT2D eigenvalue weighted by Gasteiger charge is -2.14. The van der Waals surface area contributed by atoms with E-state index >= 15 is 0 Å². The predicted molar refractivity (Wildman–Crippen MR) is 83.7 cm³/mol. The first kappa shape index (κ1) is 16.3. The van der Waals surface area contributed by atoms with Gasteiger partial charge in [0.2, 0.25) is 0 Å². The summed E-state index contributed by atoms with van der Waals surface area (Å²) >= 11 is 0. The second-order valence-electron chi connectivity index (χ2n) is 5.52. The first-order chi connectivity index (χ1) is 10.3. The van der Waals surface area contributed by atoms with E-state index in [1.54, 1.807) is 7.11 Å². The Labute approximate surface area is 127 Å². The number of methoxy groups -OCH3 is 1. The van der Waals surface area contributed by atoms with Crippen LogP contribution >= 0.6 is 0 Å². The van der Waals surface area contributed by atoms with Crippen LogP contribution in [0.2, 0.25) is 0 Å². The van der Waals surface area contributed by atoms with Crippen LogP contribution in [0.25, 0.3) is 0 Å². The fourth-order valence-corrected chi connectivity index (χ4v) is 2.52. The molecule has 1 fully saturated rings. The standard InChI is InChI=1S/C17H27NO3/c1-3-10-18-11-16-8-9-17(21-16)13-20-12-14-4-6-15(19-2)7-5-14/h4-7,16-18H,3,8-13H2,1-2H3. The van der Waals surface area contributed by atoms with Crippen LogP contribution in [0.4, 0.5) is 0 Å². The Morgan fingerprint density at radius 2 is 1.95 bits per heavy atom. The highest BCUT2D eigenvalue weighted by Gasteiger charge is 2.24. The van der Waals surface area contributed by atoms with Crippen molar-refractivity contribution in [2.45, 2.75) is 45.0 Å². The van der Waals surface area contributed by atoms with Gasteiger partial charge in [-0.3, -0.25) is 0 Å². The van der Waals surface area contributed by atoms with Gasteiger partial charge in [-0.2, -0.15) is 0 Å². The van der Waals surface area contributed by atoms with Gasteiger partial charge >= 0.3 is 0 Å². The molecular weight excluding hydrogens is 266 g/mol. The highest BCUT2D eigenvalue weighted by Crippen LogP contribution is 2.20. The van der Waals surface area contributed by atoms with Gasteiger partial charge in [0.25, 0.3) is 0 Å². The van der Waals surface area contributed by atoms with Gasteiger partial charge < -0.3 is 19.5 Å². The predicted octanol–water partition coefficient (Wildman–Crippen LogP) is 2.76. The highest BCUT2D eigenvalue weighted by molar-refractivity contribution is 5.26. The third-order valence-electron chi connectivity index (χ3n) is 3.73. The molecule has 1 N–H and O–H groups in total. The lowest BCUT2D eigenvalue weighted by molar-refractivity contribution is -0.0189. The molecule has 0 amide bonds. The van der Waals surface area contributed by atoms with Crippen molar-refractivity contribution in [2.75, 3.05) is 26.8 Å². The van der Waals surface area contributed by atoms with Gasteiger partial charge in [-0.15, -0.1) is 0 Å². The molecule has 4 nitrogen and oxygen atoms in total. The number of ether oxygens (including phenoxy) is 3. The summed E-state index contributed by atoms with van der Waals surface area (Å²) in [6.07, 6.45) is 4.00. The molecule has 2 rings (SSSR count). The van der Waals surface area contributed by atoms with E-state index in [2.05, 4.69) is 12.2 Å². The molecule has 0 spiro atoms. The molecule has 1 aliphatic rings. The molecule has 0 aliphatic carbocycles. The molecule has 2 atom stereocenters. The molecule has 0 aromatic heterocycles. The maximum absolute atomic E-state index is 5.97. The van der Waals surface area contributed by atoms with Crippen molar-refractivity contribution < 1.29 is 14.2 Å². The minimum Gasteiger partial charge on any atom is -0.497 e. The molecule has 0 bridgehead atoms. The molecule has 1 aromatic rings. The van der Waals surface area contributed by atoms with Gasteiger partial charge in [0, 0.05) is 6.54 Å². The normalized spacial score (nSPS) is 21.6. The molecule has 1 aromatic carbocycles. The van der Waals surface area contributed by atoms with Gasteiger partial charge in [-0.1, -0.05) is 19.1 Å². The van der Waals surface area contributed by atoms with Crippen LogP contribution < -0.4 is 10.1 Å². The van der Waals surface area contributed by atoms with Crippen LogP contribution in [0.15, 0.2) is 24.3 Å². The number of nitrogens with one attached hydrogen (secondary N) is 1. The molecule has 0 radical (unpaired) electrons. The first-order valence-corrected chi connectivity index (χ1v) is 7.88. The molecule has 21 heavy (non-hydrogen) atoms. The number of hydrogen-bond donors (Lipinski definition) is 1. The fraction of sp³-hybridized carbons (Fsp3) is 0.647. The van der Waals surface area contributed by atoms with Crippen molar-refractivity contribution in [3.63, 3.8) is 0 Å². The number of rotatable bonds is 9. The van der Waals surface area contributed by atoms with Crippen LogP contribution in [0, 0.1) is 0 Å². The number of benzene rings is 1. The SMILES string of the molecule is CCCNCC1CCC(COCc2ccc(OC)cc2)O1. The summed E-state index contributed by atoms with van der Waals surface area (Å²) in [6, 6.07) is 7.98. The first-order valence-electron chi connectivity index (χ1n) is 7.88. The van der Waals surface area contributed by atoms with Crippen LogP contribution in [0.1, 0.15) is 31.7 Å². The largest absolute Gasteiger partial charge is 0.497 e. The monoisotopic (exact) mass is 293 g/mol. The molecular formula is C17H27NO3. The minimum absolute atomic E-state index is 0.247. The van der Waals surface area contributed by atoms with E-state index in [1.165, 1.54) is 6.42 Å². The van der Waals surface area contributed by atoms with E-state index in [-0.39, 0.29) is 6.10 Å². The summed E-state index contributed by atoms with van der Waals surface area (Å²) in [4.78, 5) is 0. The average Bonchev–Trinajstić information content (AvgIpc) is 2.96. The van der Waals surface area contributed by atoms with Crippen molar-refractivity contribution in [3.8, 4) is 5.75 Å². The third-order valence-corrected chi connectivity index (χ3v) is 3.73. The Morgan fingerprint density at radius 3 is 2.67 bits per heavy atom. The summed E-state index contributed by atoms with van der Waals surface area (Å²) in [5, 5.41) is 3.41. The second kappa shape index (κ2) is 9.03. The zero-order valence-corrected chi connectivity index (χ0v) is 13.1. The van der Waals surface area contributed by atoms with Crippen LogP contribution in [-0.2, 0) is 16.1 Å². The summed E-state index contributed by atoms with van der Waals surface area (Å²) in [5.74, 6) is 0.875.